The number of carbonyl (C=O) groups excluding carboxylic acids is 2. The van der Waals surface area contributed by atoms with E-state index in [9.17, 15) is 9.59 Å². The molecular weight excluding hydrogens is 290 g/mol. The molecule has 0 aromatic carbocycles. The minimum atomic E-state index is -0.665. The quantitative estimate of drug-likeness (QED) is 0.853. The summed E-state index contributed by atoms with van der Waals surface area (Å²) in [5.74, 6) is -1.02. The van der Waals surface area contributed by atoms with Crippen molar-refractivity contribution in [1.29, 1.82) is 0 Å². The first-order valence-electron chi connectivity index (χ1n) is 6.35. The Morgan fingerprint density at radius 2 is 2.19 bits per heavy atom. The zero-order chi connectivity index (χ0) is 15.2. The van der Waals surface area contributed by atoms with Crippen LogP contribution in [0.5, 0.6) is 0 Å². The van der Waals surface area contributed by atoms with Crippen LogP contribution in [0.1, 0.15) is 34.0 Å². The number of nitrogens with one attached hydrogen (secondary N) is 1. The predicted molar refractivity (Wildman–Crippen MR) is 77.9 cm³/mol. The van der Waals surface area contributed by atoms with E-state index in [1.807, 2.05) is 24.4 Å². The van der Waals surface area contributed by atoms with E-state index in [1.165, 1.54) is 12.4 Å². The number of rotatable bonds is 5. The van der Waals surface area contributed by atoms with E-state index in [-0.39, 0.29) is 24.2 Å². The van der Waals surface area contributed by atoms with Crippen molar-refractivity contribution in [1.82, 2.24) is 15.3 Å². The number of esters is 1. The van der Waals surface area contributed by atoms with Crippen LogP contribution in [-0.2, 0) is 9.53 Å². The molecule has 0 radical (unpaired) electrons. The van der Waals surface area contributed by atoms with Crippen molar-refractivity contribution in [3.63, 3.8) is 0 Å². The fourth-order valence-corrected chi connectivity index (χ4v) is 2.33. The van der Waals surface area contributed by atoms with Gasteiger partial charge in [-0.1, -0.05) is 6.07 Å². The largest absolute Gasteiger partial charge is 0.451 e. The molecule has 1 unspecified atom stereocenters. The fraction of sp³-hybridized carbons (Fsp3) is 0.286. The summed E-state index contributed by atoms with van der Waals surface area (Å²) in [5.41, 5.74) is 0.786. The molecule has 0 aliphatic rings. The van der Waals surface area contributed by atoms with Crippen LogP contribution in [0.15, 0.2) is 29.9 Å². The molecule has 0 aliphatic heterocycles. The van der Waals surface area contributed by atoms with E-state index in [0.717, 1.165) is 4.88 Å². The second kappa shape index (κ2) is 6.94. The summed E-state index contributed by atoms with van der Waals surface area (Å²) in [7, 11) is 0. The van der Waals surface area contributed by atoms with Crippen LogP contribution < -0.4 is 5.32 Å². The normalized spacial score (nSPS) is 11.7. The average molecular weight is 305 g/mol. The van der Waals surface area contributed by atoms with Gasteiger partial charge < -0.3 is 10.1 Å². The summed E-state index contributed by atoms with van der Waals surface area (Å²) in [6, 6.07) is 3.73. The average Bonchev–Trinajstić information content (AvgIpc) is 3.00. The highest BCUT2D eigenvalue weighted by Gasteiger charge is 2.14. The maximum absolute atomic E-state index is 11.7. The molecule has 2 aromatic rings. The lowest BCUT2D eigenvalue weighted by Crippen LogP contribution is -2.30. The van der Waals surface area contributed by atoms with E-state index in [1.54, 1.807) is 18.3 Å². The van der Waals surface area contributed by atoms with Gasteiger partial charge in [-0.25, -0.2) is 9.78 Å². The third-order valence-electron chi connectivity index (χ3n) is 2.67. The molecule has 21 heavy (non-hydrogen) atoms. The fourth-order valence-electron chi connectivity index (χ4n) is 1.59. The number of carbonyl (C=O) groups is 2. The van der Waals surface area contributed by atoms with Gasteiger partial charge in [0.15, 0.2) is 12.3 Å². The van der Waals surface area contributed by atoms with Crippen molar-refractivity contribution in [2.24, 2.45) is 0 Å². The predicted octanol–water partition coefficient (Wildman–Crippen LogP) is 1.88. The van der Waals surface area contributed by atoms with E-state index in [2.05, 4.69) is 15.3 Å². The summed E-state index contributed by atoms with van der Waals surface area (Å²) >= 11 is 1.55. The Morgan fingerprint density at radius 3 is 2.81 bits per heavy atom. The van der Waals surface area contributed by atoms with Crippen molar-refractivity contribution >= 4 is 23.2 Å². The van der Waals surface area contributed by atoms with Crippen LogP contribution in [-0.4, -0.2) is 28.5 Å². The highest BCUT2D eigenvalue weighted by Crippen LogP contribution is 2.17. The first-order chi connectivity index (χ1) is 10.1. The van der Waals surface area contributed by atoms with Crippen molar-refractivity contribution in [2.75, 3.05) is 6.61 Å². The van der Waals surface area contributed by atoms with Crippen molar-refractivity contribution in [3.8, 4) is 0 Å². The van der Waals surface area contributed by atoms with Gasteiger partial charge in [0.2, 0.25) is 0 Å². The lowest BCUT2D eigenvalue weighted by atomic mass is 10.3. The van der Waals surface area contributed by atoms with Crippen LogP contribution in [0.25, 0.3) is 0 Å². The third-order valence-corrected chi connectivity index (χ3v) is 3.73. The van der Waals surface area contributed by atoms with E-state index in [0.29, 0.717) is 5.69 Å². The van der Waals surface area contributed by atoms with Crippen molar-refractivity contribution < 1.29 is 14.3 Å². The SMILES string of the molecule is Cc1cnc(C(=O)OCC(=O)NC(C)c2cccs2)cn1. The van der Waals surface area contributed by atoms with Crippen LogP contribution in [0.4, 0.5) is 0 Å². The van der Waals surface area contributed by atoms with Gasteiger partial charge >= 0.3 is 5.97 Å². The zero-order valence-corrected chi connectivity index (χ0v) is 12.5. The molecule has 2 heterocycles. The molecular formula is C14H15N3O3S. The number of nitrogens with zero attached hydrogens (tertiary/aromatic N) is 2. The van der Waals surface area contributed by atoms with Crippen molar-refractivity contribution in [3.05, 3.63) is 46.2 Å². The van der Waals surface area contributed by atoms with Gasteiger partial charge in [0.1, 0.15) is 0 Å². The van der Waals surface area contributed by atoms with E-state index >= 15 is 0 Å². The standard InChI is InChI=1S/C14H15N3O3S/c1-9-6-16-11(7-15-9)14(19)20-8-13(18)17-10(2)12-4-3-5-21-12/h3-7,10H,8H2,1-2H3,(H,17,18). The molecule has 1 amide bonds. The summed E-state index contributed by atoms with van der Waals surface area (Å²) in [5, 5.41) is 4.70. The Labute approximate surface area is 126 Å². The molecule has 2 rings (SSSR count). The Morgan fingerprint density at radius 1 is 1.38 bits per heavy atom. The Kier molecular flexibility index (Phi) is 4.99. The maximum atomic E-state index is 11.7. The molecule has 7 heteroatoms. The minimum absolute atomic E-state index is 0.0831. The van der Waals surface area contributed by atoms with Gasteiger partial charge in [-0.05, 0) is 25.3 Å². The van der Waals surface area contributed by atoms with Crippen molar-refractivity contribution in [2.45, 2.75) is 19.9 Å². The number of amides is 1. The second-order valence-corrected chi connectivity index (χ2v) is 5.40. The Bertz CT molecular complexity index is 611. The van der Waals surface area contributed by atoms with Crippen LogP contribution in [0.3, 0.4) is 0 Å². The minimum Gasteiger partial charge on any atom is -0.451 e. The molecule has 0 saturated carbocycles. The molecule has 1 atom stereocenters. The lowest BCUT2D eigenvalue weighted by molar-refractivity contribution is -0.124. The summed E-state index contributed by atoms with van der Waals surface area (Å²) in [4.78, 5) is 32.3. The van der Waals surface area contributed by atoms with Gasteiger partial charge in [-0.3, -0.25) is 9.78 Å². The topological polar surface area (TPSA) is 81.2 Å². The summed E-state index contributed by atoms with van der Waals surface area (Å²) < 4.78 is 4.90. The summed E-state index contributed by atoms with van der Waals surface area (Å²) in [6.07, 6.45) is 2.79. The van der Waals surface area contributed by atoms with Crippen LogP contribution in [0.2, 0.25) is 0 Å². The Balaban J connectivity index is 1.81. The maximum Gasteiger partial charge on any atom is 0.359 e. The van der Waals surface area contributed by atoms with Gasteiger partial charge in [0.25, 0.3) is 5.91 Å². The molecule has 2 aromatic heterocycles. The molecule has 0 saturated heterocycles. The zero-order valence-electron chi connectivity index (χ0n) is 11.7. The molecule has 1 N–H and O–H groups in total. The summed E-state index contributed by atoms with van der Waals surface area (Å²) in [6.45, 7) is 3.29. The number of ether oxygens (including phenoxy) is 1. The second-order valence-electron chi connectivity index (χ2n) is 4.42. The molecule has 6 nitrogen and oxygen atoms in total. The third kappa shape index (κ3) is 4.35. The van der Waals surface area contributed by atoms with E-state index in [4.69, 9.17) is 4.74 Å². The number of thiophene rings is 1. The number of aromatic nitrogens is 2. The smallest absolute Gasteiger partial charge is 0.359 e. The molecule has 0 spiro atoms. The van der Waals surface area contributed by atoms with Crippen LogP contribution in [0, 0.1) is 6.92 Å². The first kappa shape index (κ1) is 15.1. The van der Waals surface area contributed by atoms with Gasteiger partial charge in [0.05, 0.1) is 17.9 Å². The Hall–Kier alpha value is -2.28. The monoisotopic (exact) mass is 305 g/mol. The number of aryl methyl sites for hydroxylation is 1. The number of hydrogen-bond donors (Lipinski definition) is 1. The number of hydrogen-bond acceptors (Lipinski definition) is 6. The lowest BCUT2D eigenvalue weighted by Gasteiger charge is -2.12. The van der Waals surface area contributed by atoms with Gasteiger partial charge in [-0.15, -0.1) is 11.3 Å². The first-order valence-corrected chi connectivity index (χ1v) is 7.23. The van der Waals surface area contributed by atoms with Gasteiger partial charge in [-0.2, -0.15) is 0 Å². The molecule has 110 valence electrons. The molecule has 0 fully saturated rings. The van der Waals surface area contributed by atoms with Gasteiger partial charge in [0, 0.05) is 11.1 Å². The highest BCUT2D eigenvalue weighted by atomic mass is 32.1. The molecule has 0 aliphatic carbocycles. The van der Waals surface area contributed by atoms with E-state index < -0.39 is 5.97 Å². The van der Waals surface area contributed by atoms with Crippen LogP contribution >= 0.6 is 11.3 Å². The highest BCUT2D eigenvalue weighted by molar-refractivity contribution is 7.10. The molecule has 0 bridgehead atoms.